The first kappa shape index (κ1) is 25.4. The van der Waals surface area contributed by atoms with E-state index in [4.69, 9.17) is 9.47 Å². The molecule has 4 aromatic heterocycles. The number of fused-ring (bicyclic) bond motifs is 1. The Balaban J connectivity index is 1.58. The molecule has 2 atom stereocenters. The first-order valence-electron chi connectivity index (χ1n) is 11.7. The molecule has 0 bridgehead atoms. The average Bonchev–Trinajstić information content (AvgIpc) is 3.56. The first-order chi connectivity index (χ1) is 18.3. The van der Waals surface area contributed by atoms with Crippen LogP contribution in [0.4, 0.5) is 0 Å². The second-order valence-electron chi connectivity index (χ2n) is 8.62. The fraction of sp³-hybridized carbons (Fsp3) is 0.231. The predicted octanol–water partition coefficient (Wildman–Crippen LogP) is 3.03. The summed E-state index contributed by atoms with van der Waals surface area (Å²) in [6, 6.07) is 14.2. The van der Waals surface area contributed by atoms with Gasteiger partial charge in [0.25, 0.3) is 0 Å². The second kappa shape index (κ2) is 10.2. The molecule has 0 aliphatic heterocycles. The summed E-state index contributed by atoms with van der Waals surface area (Å²) in [5, 5.41) is 18.4. The number of aromatic nitrogens is 6. The number of hydrogen-bond acceptors (Lipinski definition) is 9. The van der Waals surface area contributed by atoms with Crippen molar-refractivity contribution in [2.45, 2.75) is 24.0 Å². The van der Waals surface area contributed by atoms with Crippen molar-refractivity contribution >= 4 is 15.5 Å². The van der Waals surface area contributed by atoms with Crippen LogP contribution in [0.1, 0.15) is 24.5 Å². The number of nitrogens with zero attached hydrogens (tertiary/aromatic N) is 6. The Morgan fingerprint density at radius 1 is 1.00 bits per heavy atom. The Hall–Kier alpha value is -4.29. The zero-order chi connectivity index (χ0) is 26.9. The van der Waals surface area contributed by atoms with Crippen LogP contribution in [0, 0.1) is 0 Å². The van der Waals surface area contributed by atoms with Gasteiger partial charge in [-0.05, 0) is 43.3 Å². The van der Waals surface area contributed by atoms with Gasteiger partial charge in [-0.1, -0.05) is 12.1 Å². The van der Waals surface area contributed by atoms with Crippen molar-refractivity contribution < 1.29 is 23.0 Å². The first-order valence-corrected chi connectivity index (χ1v) is 13.4. The molecule has 38 heavy (non-hydrogen) atoms. The van der Waals surface area contributed by atoms with Crippen molar-refractivity contribution in [1.82, 2.24) is 29.1 Å². The topological polar surface area (TPSA) is 134 Å². The van der Waals surface area contributed by atoms with Gasteiger partial charge < -0.3 is 19.0 Å². The number of rotatable bonds is 9. The molecule has 11 nitrogen and oxygen atoms in total. The SMILES string of the molecule is COc1cccc(OC)c1-n1c(CS(=O)(=O)[C@@H](C)[C@H](O)c2cn3ccccc3n2)nnc1-c1cccnc1. The number of aliphatic hydroxyl groups excluding tert-OH is 1. The third kappa shape index (κ3) is 4.59. The van der Waals surface area contributed by atoms with E-state index in [-0.39, 0.29) is 11.5 Å². The fourth-order valence-corrected chi connectivity index (χ4v) is 5.57. The fourth-order valence-electron chi connectivity index (χ4n) is 4.22. The van der Waals surface area contributed by atoms with Crippen molar-refractivity contribution in [3.63, 3.8) is 0 Å². The van der Waals surface area contributed by atoms with Crippen molar-refractivity contribution in [1.29, 1.82) is 0 Å². The highest BCUT2D eigenvalue weighted by atomic mass is 32.2. The van der Waals surface area contributed by atoms with Gasteiger partial charge in [0.2, 0.25) is 0 Å². The molecule has 0 amide bonds. The lowest BCUT2D eigenvalue weighted by Gasteiger charge is -2.20. The molecule has 4 heterocycles. The van der Waals surface area contributed by atoms with E-state index in [0.29, 0.717) is 34.2 Å². The molecule has 0 aliphatic rings. The van der Waals surface area contributed by atoms with Gasteiger partial charge in [-0.3, -0.25) is 9.55 Å². The molecule has 1 aromatic carbocycles. The summed E-state index contributed by atoms with van der Waals surface area (Å²) in [6.45, 7) is 1.45. The van der Waals surface area contributed by atoms with Gasteiger partial charge in [-0.25, -0.2) is 13.4 Å². The van der Waals surface area contributed by atoms with Crippen LogP contribution in [0.3, 0.4) is 0 Å². The van der Waals surface area contributed by atoms with Gasteiger partial charge in [-0.2, -0.15) is 0 Å². The number of pyridine rings is 2. The molecule has 0 saturated heterocycles. The lowest BCUT2D eigenvalue weighted by atomic mass is 10.2. The van der Waals surface area contributed by atoms with Crippen molar-refractivity contribution in [2.75, 3.05) is 14.2 Å². The molecule has 0 fully saturated rings. The number of imidazole rings is 1. The highest BCUT2D eigenvalue weighted by molar-refractivity contribution is 7.91. The predicted molar refractivity (Wildman–Crippen MR) is 140 cm³/mol. The Labute approximate surface area is 219 Å². The Bertz CT molecular complexity index is 1630. The van der Waals surface area contributed by atoms with Gasteiger partial charge >= 0.3 is 0 Å². The third-order valence-electron chi connectivity index (χ3n) is 6.30. The molecule has 1 N–H and O–H groups in total. The number of methoxy groups -OCH3 is 2. The minimum atomic E-state index is -3.96. The lowest BCUT2D eigenvalue weighted by Crippen LogP contribution is -2.28. The van der Waals surface area contributed by atoms with Crippen LogP contribution in [0.5, 0.6) is 11.5 Å². The van der Waals surface area contributed by atoms with Gasteiger partial charge in [-0.15, -0.1) is 10.2 Å². The molecule has 0 spiro atoms. The van der Waals surface area contributed by atoms with Gasteiger partial charge in [0.1, 0.15) is 34.7 Å². The Morgan fingerprint density at radius 3 is 2.42 bits per heavy atom. The minimum absolute atomic E-state index is 0.126. The highest BCUT2D eigenvalue weighted by Gasteiger charge is 2.34. The average molecular weight is 535 g/mol. The van der Waals surface area contributed by atoms with E-state index in [2.05, 4.69) is 20.2 Å². The number of sulfone groups is 1. The number of aliphatic hydroxyl groups is 1. The molecular weight excluding hydrogens is 508 g/mol. The van der Waals surface area contributed by atoms with Gasteiger partial charge in [0.15, 0.2) is 21.5 Å². The molecule has 196 valence electrons. The monoisotopic (exact) mass is 534 g/mol. The summed E-state index contributed by atoms with van der Waals surface area (Å²) >= 11 is 0. The lowest BCUT2D eigenvalue weighted by molar-refractivity contribution is 0.171. The second-order valence-corrected chi connectivity index (χ2v) is 11.0. The Morgan fingerprint density at radius 2 is 1.76 bits per heavy atom. The van der Waals surface area contributed by atoms with E-state index in [1.165, 1.54) is 21.1 Å². The van der Waals surface area contributed by atoms with Gasteiger partial charge in [0.05, 0.1) is 25.2 Å². The number of hydrogen-bond donors (Lipinski definition) is 1. The number of para-hydroxylation sites is 1. The van der Waals surface area contributed by atoms with Crippen LogP contribution >= 0.6 is 0 Å². The zero-order valence-electron chi connectivity index (χ0n) is 21.0. The summed E-state index contributed by atoms with van der Waals surface area (Å²) in [7, 11) is -0.937. The van der Waals surface area contributed by atoms with Crippen LogP contribution in [-0.4, -0.2) is 62.1 Å². The smallest absolute Gasteiger partial charge is 0.170 e. The summed E-state index contributed by atoms with van der Waals surface area (Å²) in [4.78, 5) is 8.55. The molecule has 5 rings (SSSR count). The quantitative estimate of drug-likeness (QED) is 0.303. The van der Waals surface area contributed by atoms with Crippen molar-refractivity contribution in [3.8, 4) is 28.6 Å². The van der Waals surface area contributed by atoms with E-state index in [9.17, 15) is 13.5 Å². The zero-order valence-corrected chi connectivity index (χ0v) is 21.8. The largest absolute Gasteiger partial charge is 0.494 e. The summed E-state index contributed by atoms with van der Waals surface area (Å²) in [5.41, 5.74) is 1.93. The summed E-state index contributed by atoms with van der Waals surface area (Å²) < 4.78 is 41.7. The molecular formula is C26H26N6O5S. The maximum atomic E-state index is 13.6. The van der Waals surface area contributed by atoms with E-state index in [0.717, 1.165) is 0 Å². The maximum absolute atomic E-state index is 13.6. The molecule has 0 unspecified atom stereocenters. The normalized spacial score (nSPS) is 13.4. The Kier molecular flexibility index (Phi) is 6.83. The van der Waals surface area contributed by atoms with E-state index in [1.807, 2.05) is 12.1 Å². The molecule has 0 aliphatic carbocycles. The molecule has 0 radical (unpaired) electrons. The number of ether oxygens (including phenoxy) is 2. The van der Waals surface area contributed by atoms with Crippen molar-refractivity contribution in [2.24, 2.45) is 0 Å². The van der Waals surface area contributed by atoms with Crippen molar-refractivity contribution in [3.05, 3.63) is 84.8 Å². The van der Waals surface area contributed by atoms with E-state index < -0.39 is 26.9 Å². The van der Waals surface area contributed by atoms with Crippen LogP contribution in [0.2, 0.25) is 0 Å². The maximum Gasteiger partial charge on any atom is 0.170 e. The van der Waals surface area contributed by atoms with Gasteiger partial charge in [0, 0.05) is 30.4 Å². The van der Waals surface area contributed by atoms with Crippen LogP contribution in [0.15, 0.2) is 73.3 Å². The van der Waals surface area contributed by atoms with Crippen LogP contribution < -0.4 is 9.47 Å². The summed E-state index contributed by atoms with van der Waals surface area (Å²) in [5.74, 6) is 0.851. The summed E-state index contributed by atoms with van der Waals surface area (Å²) in [6.07, 6.45) is 5.28. The van der Waals surface area contributed by atoms with Crippen LogP contribution in [-0.2, 0) is 15.6 Å². The third-order valence-corrected chi connectivity index (χ3v) is 8.35. The van der Waals surface area contributed by atoms with Crippen LogP contribution in [0.25, 0.3) is 22.7 Å². The minimum Gasteiger partial charge on any atom is -0.494 e. The highest BCUT2D eigenvalue weighted by Crippen LogP contribution is 2.37. The molecule has 0 saturated carbocycles. The number of benzene rings is 1. The molecule has 5 aromatic rings. The standard InChI is InChI=1S/C26H26N6O5S/c1-17(25(33)19-15-31-13-5-4-11-22(31)28-19)38(34,35)16-23-29-30-26(18-8-7-12-27-14-18)32(23)24-20(36-2)9-6-10-21(24)37-3/h4-15,17,25,33H,16H2,1-3H3/t17-,25-/m0/s1. The van der Waals surface area contributed by atoms with E-state index in [1.54, 1.807) is 70.2 Å². The molecule has 12 heteroatoms. The van der Waals surface area contributed by atoms with E-state index >= 15 is 0 Å².